The van der Waals surface area contributed by atoms with E-state index in [2.05, 4.69) is 5.32 Å². The number of nitrogens with zero attached hydrogens (tertiary/aromatic N) is 2. The van der Waals surface area contributed by atoms with E-state index in [1.165, 1.54) is 5.56 Å². The molecule has 0 saturated carbocycles. The van der Waals surface area contributed by atoms with E-state index in [0.29, 0.717) is 0 Å². The van der Waals surface area contributed by atoms with Gasteiger partial charge in [0.2, 0.25) is 6.79 Å². The van der Waals surface area contributed by atoms with E-state index in [-0.39, 0.29) is 6.79 Å². The van der Waals surface area contributed by atoms with E-state index < -0.39 is 0 Å². The van der Waals surface area contributed by atoms with Crippen molar-refractivity contribution in [2.75, 3.05) is 25.8 Å². The summed E-state index contributed by atoms with van der Waals surface area (Å²) in [7, 11) is 1.67. The molecule has 0 amide bonds. The van der Waals surface area contributed by atoms with Crippen molar-refractivity contribution < 1.29 is 14.2 Å². The number of anilines is 1. The molecule has 2 aliphatic rings. The van der Waals surface area contributed by atoms with Crippen LogP contribution in [0.15, 0.2) is 42.5 Å². The summed E-state index contributed by atoms with van der Waals surface area (Å²) >= 11 is 0. The number of ether oxygens (including phenoxy) is 3. The number of nitrogens with one attached hydrogen (secondary N) is 1. The van der Waals surface area contributed by atoms with Crippen molar-refractivity contribution >= 4 is 5.82 Å². The van der Waals surface area contributed by atoms with Crippen LogP contribution in [0.25, 0.3) is 16.9 Å². The van der Waals surface area contributed by atoms with Gasteiger partial charge in [0.05, 0.1) is 18.5 Å². The van der Waals surface area contributed by atoms with Gasteiger partial charge in [-0.15, -0.1) is 0 Å². The molecule has 0 bridgehead atoms. The minimum absolute atomic E-state index is 0.277. The molecule has 1 N–H and O–H groups in total. The fraction of sp³-hybridized carbons (Fsp3) is 0.211. The molecule has 1 aromatic heterocycles. The van der Waals surface area contributed by atoms with Crippen LogP contribution < -0.4 is 19.5 Å². The van der Waals surface area contributed by atoms with E-state index in [0.717, 1.165) is 53.0 Å². The maximum absolute atomic E-state index is 5.51. The highest BCUT2D eigenvalue weighted by Crippen LogP contribution is 2.39. The van der Waals surface area contributed by atoms with Gasteiger partial charge in [-0.05, 0) is 48.9 Å². The number of benzene rings is 2. The highest BCUT2D eigenvalue weighted by Gasteiger charge is 2.25. The van der Waals surface area contributed by atoms with Crippen molar-refractivity contribution in [2.45, 2.75) is 6.42 Å². The van der Waals surface area contributed by atoms with Gasteiger partial charge in [0, 0.05) is 17.7 Å². The third-order valence-electron chi connectivity index (χ3n) is 4.61. The molecule has 0 spiro atoms. The smallest absolute Gasteiger partial charge is 0.231 e. The van der Waals surface area contributed by atoms with Crippen LogP contribution in [-0.2, 0) is 6.42 Å². The Morgan fingerprint density at radius 3 is 2.76 bits per heavy atom. The van der Waals surface area contributed by atoms with Gasteiger partial charge in [-0.2, -0.15) is 5.10 Å². The molecular formula is C19H17N3O3. The quantitative estimate of drug-likeness (QED) is 0.796. The predicted octanol–water partition coefficient (Wildman–Crippen LogP) is 3.24. The SMILES string of the molecule is COc1ccc(-n2nc(-c3ccc4c(c3)OCO4)c3c2NCC3)cc1. The summed E-state index contributed by atoms with van der Waals surface area (Å²) in [5.74, 6) is 3.44. The molecule has 0 atom stereocenters. The van der Waals surface area contributed by atoms with Gasteiger partial charge >= 0.3 is 0 Å². The highest BCUT2D eigenvalue weighted by molar-refractivity contribution is 5.74. The van der Waals surface area contributed by atoms with Crippen LogP contribution in [0.5, 0.6) is 17.2 Å². The molecule has 0 aliphatic carbocycles. The molecule has 0 saturated heterocycles. The summed E-state index contributed by atoms with van der Waals surface area (Å²) in [6, 6.07) is 13.9. The van der Waals surface area contributed by atoms with Gasteiger partial charge in [-0.3, -0.25) is 0 Å². The van der Waals surface area contributed by atoms with Crippen LogP contribution in [-0.4, -0.2) is 30.2 Å². The molecule has 2 aromatic carbocycles. The van der Waals surface area contributed by atoms with Crippen LogP contribution >= 0.6 is 0 Å². The first kappa shape index (κ1) is 14.2. The monoisotopic (exact) mass is 335 g/mol. The first-order valence-electron chi connectivity index (χ1n) is 8.24. The lowest BCUT2D eigenvalue weighted by molar-refractivity contribution is 0.174. The van der Waals surface area contributed by atoms with E-state index in [1.54, 1.807) is 7.11 Å². The average molecular weight is 335 g/mol. The van der Waals surface area contributed by atoms with Crippen molar-refractivity contribution in [2.24, 2.45) is 0 Å². The van der Waals surface area contributed by atoms with E-state index in [9.17, 15) is 0 Å². The standard InChI is InChI=1S/C19H17N3O3/c1-23-14-5-3-13(4-6-14)22-19-15(8-9-20-19)18(21-22)12-2-7-16-17(10-12)25-11-24-16/h2-7,10,20H,8-9,11H2,1H3. The molecule has 6 heteroatoms. The van der Waals surface area contributed by atoms with E-state index in [4.69, 9.17) is 19.3 Å². The first-order chi connectivity index (χ1) is 12.3. The van der Waals surface area contributed by atoms with Gasteiger partial charge in [-0.1, -0.05) is 0 Å². The second-order valence-corrected chi connectivity index (χ2v) is 6.03. The summed E-state index contributed by atoms with van der Waals surface area (Å²) in [5, 5.41) is 8.32. The van der Waals surface area contributed by atoms with Crippen LogP contribution in [0, 0.1) is 0 Å². The number of hydrogen-bond acceptors (Lipinski definition) is 5. The van der Waals surface area contributed by atoms with Gasteiger partial charge in [0.15, 0.2) is 11.5 Å². The molecule has 25 heavy (non-hydrogen) atoms. The van der Waals surface area contributed by atoms with Gasteiger partial charge in [-0.25, -0.2) is 4.68 Å². The molecule has 0 radical (unpaired) electrons. The van der Waals surface area contributed by atoms with Gasteiger partial charge in [0.25, 0.3) is 0 Å². The van der Waals surface area contributed by atoms with E-state index >= 15 is 0 Å². The largest absolute Gasteiger partial charge is 0.497 e. The Morgan fingerprint density at radius 1 is 1.08 bits per heavy atom. The molecule has 0 fully saturated rings. The lowest BCUT2D eigenvalue weighted by Gasteiger charge is -2.07. The van der Waals surface area contributed by atoms with Crippen molar-refractivity contribution in [3.63, 3.8) is 0 Å². The zero-order chi connectivity index (χ0) is 16.8. The number of fused-ring (bicyclic) bond motifs is 2. The third kappa shape index (κ3) is 2.21. The van der Waals surface area contributed by atoms with Gasteiger partial charge < -0.3 is 19.5 Å². The average Bonchev–Trinajstić information content (AvgIpc) is 3.37. The zero-order valence-electron chi connectivity index (χ0n) is 13.8. The predicted molar refractivity (Wildman–Crippen MR) is 93.9 cm³/mol. The Balaban J connectivity index is 1.62. The summed E-state index contributed by atoms with van der Waals surface area (Å²) in [4.78, 5) is 0. The second-order valence-electron chi connectivity index (χ2n) is 6.03. The first-order valence-corrected chi connectivity index (χ1v) is 8.24. The minimum atomic E-state index is 0.277. The molecule has 6 nitrogen and oxygen atoms in total. The minimum Gasteiger partial charge on any atom is -0.497 e. The Hall–Kier alpha value is -3.15. The van der Waals surface area contributed by atoms with Crippen molar-refractivity contribution in [3.8, 4) is 34.2 Å². The number of rotatable bonds is 3. The van der Waals surface area contributed by atoms with Gasteiger partial charge in [0.1, 0.15) is 11.6 Å². The molecule has 0 unspecified atom stereocenters. The fourth-order valence-electron chi connectivity index (χ4n) is 3.36. The maximum atomic E-state index is 5.51. The third-order valence-corrected chi connectivity index (χ3v) is 4.61. The Morgan fingerprint density at radius 2 is 1.92 bits per heavy atom. The number of hydrogen-bond donors (Lipinski definition) is 1. The van der Waals surface area contributed by atoms with Crippen LogP contribution in [0.2, 0.25) is 0 Å². The lowest BCUT2D eigenvalue weighted by Crippen LogP contribution is -2.04. The molecule has 126 valence electrons. The molecule has 3 heterocycles. The second kappa shape index (κ2) is 5.44. The van der Waals surface area contributed by atoms with E-state index in [1.807, 2.05) is 47.1 Å². The normalized spacial score (nSPS) is 14.3. The molecule has 5 rings (SSSR count). The van der Waals surface area contributed by atoms with Crippen LogP contribution in [0.4, 0.5) is 5.82 Å². The topological polar surface area (TPSA) is 57.5 Å². The number of methoxy groups -OCH3 is 1. The summed E-state index contributed by atoms with van der Waals surface area (Å²) < 4.78 is 18.1. The Bertz CT molecular complexity index is 947. The lowest BCUT2D eigenvalue weighted by atomic mass is 10.1. The van der Waals surface area contributed by atoms with Crippen LogP contribution in [0.3, 0.4) is 0 Å². The van der Waals surface area contributed by atoms with Crippen molar-refractivity contribution in [3.05, 3.63) is 48.0 Å². The Kier molecular flexibility index (Phi) is 3.09. The van der Waals surface area contributed by atoms with Crippen LogP contribution in [0.1, 0.15) is 5.56 Å². The number of aromatic nitrogens is 2. The summed E-state index contributed by atoms with van der Waals surface area (Å²) in [6.45, 7) is 1.19. The summed E-state index contributed by atoms with van der Waals surface area (Å²) in [5.41, 5.74) is 4.25. The summed E-state index contributed by atoms with van der Waals surface area (Å²) in [6.07, 6.45) is 0.954. The highest BCUT2D eigenvalue weighted by atomic mass is 16.7. The fourth-order valence-corrected chi connectivity index (χ4v) is 3.36. The molecule has 3 aromatic rings. The van der Waals surface area contributed by atoms with Crippen molar-refractivity contribution in [1.82, 2.24) is 9.78 Å². The Labute approximate surface area is 144 Å². The molecular weight excluding hydrogens is 318 g/mol. The maximum Gasteiger partial charge on any atom is 0.231 e. The zero-order valence-corrected chi connectivity index (χ0v) is 13.8. The molecule has 2 aliphatic heterocycles. The van der Waals surface area contributed by atoms with Crippen molar-refractivity contribution in [1.29, 1.82) is 0 Å².